The van der Waals surface area contributed by atoms with Crippen LogP contribution in [-0.2, 0) is 9.53 Å². The molecule has 0 saturated carbocycles. The van der Waals surface area contributed by atoms with E-state index in [4.69, 9.17) is 9.47 Å². The zero-order valence-electron chi connectivity index (χ0n) is 11.3. The lowest BCUT2D eigenvalue weighted by Gasteiger charge is -2.31. The van der Waals surface area contributed by atoms with Crippen LogP contribution in [0.5, 0.6) is 5.88 Å². The second-order valence-corrected chi connectivity index (χ2v) is 4.43. The van der Waals surface area contributed by atoms with E-state index in [1.165, 1.54) is 7.11 Å². The highest BCUT2D eigenvalue weighted by atomic mass is 16.5. The minimum absolute atomic E-state index is 0.00397. The summed E-state index contributed by atoms with van der Waals surface area (Å²) < 4.78 is 10.1. The third-order valence-electron chi connectivity index (χ3n) is 3.25. The first kappa shape index (κ1) is 13.6. The number of hydrogen-bond donors (Lipinski definition) is 0. The molecule has 0 radical (unpaired) electrons. The number of methoxy groups -OCH3 is 1. The van der Waals surface area contributed by atoms with Crippen LogP contribution in [0.4, 0.5) is 5.82 Å². The van der Waals surface area contributed by atoms with Crippen molar-refractivity contribution in [2.75, 3.05) is 31.7 Å². The van der Waals surface area contributed by atoms with Gasteiger partial charge in [0, 0.05) is 13.1 Å². The summed E-state index contributed by atoms with van der Waals surface area (Å²) in [5.41, 5.74) is 0. The predicted molar refractivity (Wildman–Crippen MR) is 70.2 cm³/mol. The second kappa shape index (κ2) is 6.36. The van der Waals surface area contributed by atoms with Gasteiger partial charge in [-0.3, -0.25) is 9.78 Å². The molecule has 1 aromatic rings. The molecule has 1 aliphatic heterocycles. The first-order valence-electron chi connectivity index (χ1n) is 6.52. The van der Waals surface area contributed by atoms with Gasteiger partial charge in [0.1, 0.15) is 0 Å². The van der Waals surface area contributed by atoms with Crippen LogP contribution < -0.4 is 9.64 Å². The number of piperidine rings is 1. The minimum atomic E-state index is -0.117. The van der Waals surface area contributed by atoms with Crippen LogP contribution in [0, 0.1) is 5.92 Å². The Morgan fingerprint density at radius 3 is 2.79 bits per heavy atom. The standard InChI is InChI=1S/C13H19N3O3/c1-3-19-12-9-14-8-11(15-12)16-6-4-10(5-7-16)13(17)18-2/h8-10H,3-7H2,1-2H3. The fourth-order valence-electron chi connectivity index (χ4n) is 2.22. The van der Waals surface area contributed by atoms with Gasteiger partial charge in [-0.05, 0) is 19.8 Å². The van der Waals surface area contributed by atoms with Gasteiger partial charge >= 0.3 is 5.97 Å². The molecule has 6 nitrogen and oxygen atoms in total. The van der Waals surface area contributed by atoms with Gasteiger partial charge in [0.2, 0.25) is 5.88 Å². The smallest absolute Gasteiger partial charge is 0.308 e. The molecule has 1 fully saturated rings. The number of nitrogens with zero attached hydrogens (tertiary/aromatic N) is 3. The molecule has 0 unspecified atom stereocenters. The summed E-state index contributed by atoms with van der Waals surface area (Å²) >= 11 is 0. The minimum Gasteiger partial charge on any atom is -0.477 e. The van der Waals surface area contributed by atoms with Crippen molar-refractivity contribution < 1.29 is 14.3 Å². The van der Waals surface area contributed by atoms with Gasteiger partial charge in [-0.15, -0.1) is 0 Å². The number of aromatic nitrogens is 2. The van der Waals surface area contributed by atoms with Crippen molar-refractivity contribution in [3.63, 3.8) is 0 Å². The van der Waals surface area contributed by atoms with Crippen molar-refractivity contribution in [2.45, 2.75) is 19.8 Å². The predicted octanol–water partition coefficient (Wildman–Crippen LogP) is 1.26. The van der Waals surface area contributed by atoms with E-state index in [2.05, 4.69) is 14.9 Å². The lowest BCUT2D eigenvalue weighted by molar-refractivity contribution is -0.146. The molecular weight excluding hydrogens is 246 g/mol. The molecule has 1 saturated heterocycles. The quantitative estimate of drug-likeness (QED) is 0.764. The fraction of sp³-hybridized carbons (Fsp3) is 0.615. The first-order valence-corrected chi connectivity index (χ1v) is 6.52. The van der Waals surface area contributed by atoms with E-state index in [1.54, 1.807) is 12.4 Å². The summed E-state index contributed by atoms with van der Waals surface area (Å²) in [6, 6.07) is 0. The molecule has 1 aliphatic rings. The maximum atomic E-state index is 11.5. The van der Waals surface area contributed by atoms with Crippen molar-refractivity contribution in [3.8, 4) is 5.88 Å². The first-order chi connectivity index (χ1) is 9.24. The van der Waals surface area contributed by atoms with E-state index < -0.39 is 0 Å². The van der Waals surface area contributed by atoms with Crippen LogP contribution in [-0.4, -0.2) is 42.7 Å². The van der Waals surface area contributed by atoms with E-state index in [-0.39, 0.29) is 11.9 Å². The van der Waals surface area contributed by atoms with Gasteiger partial charge < -0.3 is 14.4 Å². The molecular formula is C13H19N3O3. The molecule has 0 aromatic carbocycles. The third-order valence-corrected chi connectivity index (χ3v) is 3.25. The molecule has 0 N–H and O–H groups in total. The van der Waals surface area contributed by atoms with Gasteiger partial charge in [0.05, 0.1) is 32.0 Å². The molecule has 19 heavy (non-hydrogen) atoms. The van der Waals surface area contributed by atoms with Crippen molar-refractivity contribution in [1.29, 1.82) is 0 Å². The Kier molecular flexibility index (Phi) is 4.54. The van der Waals surface area contributed by atoms with E-state index in [0.717, 1.165) is 31.7 Å². The van der Waals surface area contributed by atoms with E-state index in [0.29, 0.717) is 12.5 Å². The zero-order chi connectivity index (χ0) is 13.7. The van der Waals surface area contributed by atoms with Crippen molar-refractivity contribution in [3.05, 3.63) is 12.4 Å². The average molecular weight is 265 g/mol. The van der Waals surface area contributed by atoms with Gasteiger partial charge in [0.15, 0.2) is 5.82 Å². The molecule has 2 rings (SSSR count). The van der Waals surface area contributed by atoms with Crippen molar-refractivity contribution in [2.24, 2.45) is 5.92 Å². The number of ether oxygens (including phenoxy) is 2. The Morgan fingerprint density at radius 1 is 1.42 bits per heavy atom. The van der Waals surface area contributed by atoms with Crippen molar-refractivity contribution >= 4 is 11.8 Å². The highest BCUT2D eigenvalue weighted by Crippen LogP contribution is 2.23. The SMILES string of the molecule is CCOc1cncc(N2CCC(C(=O)OC)CC2)n1. The molecule has 0 aliphatic carbocycles. The van der Waals surface area contributed by atoms with Crippen LogP contribution in [0.2, 0.25) is 0 Å². The normalized spacial score (nSPS) is 16.2. The van der Waals surface area contributed by atoms with Gasteiger partial charge in [-0.1, -0.05) is 0 Å². The molecule has 0 bridgehead atoms. The lowest BCUT2D eigenvalue weighted by Crippen LogP contribution is -2.37. The molecule has 0 atom stereocenters. The van der Waals surface area contributed by atoms with Crippen LogP contribution in [0.25, 0.3) is 0 Å². The summed E-state index contributed by atoms with van der Waals surface area (Å²) in [5, 5.41) is 0. The molecule has 104 valence electrons. The van der Waals surface area contributed by atoms with Crippen LogP contribution in [0.15, 0.2) is 12.4 Å². The van der Waals surface area contributed by atoms with Gasteiger partial charge in [0.25, 0.3) is 0 Å². The van der Waals surface area contributed by atoms with E-state index in [9.17, 15) is 4.79 Å². The maximum absolute atomic E-state index is 11.5. The number of rotatable bonds is 4. The number of carbonyl (C=O) groups is 1. The monoisotopic (exact) mass is 265 g/mol. The van der Waals surface area contributed by atoms with Gasteiger partial charge in [-0.25, -0.2) is 0 Å². The Balaban J connectivity index is 1.97. The van der Waals surface area contributed by atoms with Crippen LogP contribution in [0.1, 0.15) is 19.8 Å². The Bertz CT molecular complexity index is 431. The number of esters is 1. The summed E-state index contributed by atoms with van der Waals surface area (Å²) in [5.74, 6) is 1.22. The van der Waals surface area contributed by atoms with Crippen molar-refractivity contribution in [1.82, 2.24) is 9.97 Å². The van der Waals surface area contributed by atoms with Crippen LogP contribution >= 0.6 is 0 Å². The summed E-state index contributed by atoms with van der Waals surface area (Å²) in [6.45, 7) is 4.05. The fourth-order valence-corrected chi connectivity index (χ4v) is 2.22. The summed E-state index contributed by atoms with van der Waals surface area (Å²) in [4.78, 5) is 22.1. The largest absolute Gasteiger partial charge is 0.477 e. The molecule has 0 amide bonds. The molecule has 2 heterocycles. The summed E-state index contributed by atoms with van der Waals surface area (Å²) in [6.07, 6.45) is 4.90. The lowest BCUT2D eigenvalue weighted by atomic mass is 9.97. The second-order valence-electron chi connectivity index (χ2n) is 4.43. The van der Waals surface area contributed by atoms with Gasteiger partial charge in [-0.2, -0.15) is 4.98 Å². The third kappa shape index (κ3) is 3.33. The van der Waals surface area contributed by atoms with Crippen LogP contribution in [0.3, 0.4) is 0 Å². The van der Waals surface area contributed by atoms with E-state index in [1.807, 2.05) is 6.92 Å². The average Bonchev–Trinajstić information content (AvgIpc) is 2.47. The molecule has 1 aromatic heterocycles. The Morgan fingerprint density at radius 2 is 2.16 bits per heavy atom. The molecule has 6 heteroatoms. The highest BCUT2D eigenvalue weighted by Gasteiger charge is 2.26. The Hall–Kier alpha value is -1.85. The number of anilines is 1. The zero-order valence-corrected chi connectivity index (χ0v) is 11.3. The highest BCUT2D eigenvalue weighted by molar-refractivity contribution is 5.72. The Labute approximate surface area is 112 Å². The number of carbonyl (C=O) groups excluding carboxylic acids is 1. The molecule has 0 spiro atoms. The maximum Gasteiger partial charge on any atom is 0.308 e. The number of hydrogen-bond acceptors (Lipinski definition) is 6. The topological polar surface area (TPSA) is 64.5 Å². The summed E-state index contributed by atoms with van der Waals surface area (Å²) in [7, 11) is 1.44. The van der Waals surface area contributed by atoms with E-state index >= 15 is 0 Å².